The summed E-state index contributed by atoms with van der Waals surface area (Å²) in [6.45, 7) is 0. The molecule has 0 N–H and O–H groups in total. The second-order valence-electron chi connectivity index (χ2n) is 6.15. The van der Waals surface area contributed by atoms with Gasteiger partial charge >= 0.3 is 165 Å². The van der Waals surface area contributed by atoms with Crippen LogP contribution in [-0.2, 0) is 14.2 Å². The van der Waals surface area contributed by atoms with Crippen LogP contribution < -0.4 is 15.9 Å². The van der Waals surface area contributed by atoms with E-state index in [9.17, 15) is 0 Å². The molecule has 0 radical (unpaired) electrons. The third-order valence-electron chi connectivity index (χ3n) is 5.01. The molecule has 0 spiro atoms. The first-order chi connectivity index (χ1) is 13.1. The fourth-order valence-electron chi connectivity index (χ4n) is 3.81. The average molecular weight is 403 g/mol. The summed E-state index contributed by atoms with van der Waals surface area (Å²) in [5, 5.41) is 2.69. The number of rotatable bonds is 7. The fourth-order valence-corrected chi connectivity index (χ4v) is 10.5. The van der Waals surface area contributed by atoms with E-state index in [0.29, 0.717) is 0 Å². The van der Waals surface area contributed by atoms with Gasteiger partial charge < -0.3 is 0 Å². The molecule has 0 saturated carbocycles. The summed E-state index contributed by atoms with van der Waals surface area (Å²) in [7, 11) is 4.68. The molecule has 3 nitrogen and oxygen atoms in total. The van der Waals surface area contributed by atoms with E-state index in [2.05, 4.69) is 0 Å². The molecule has 27 heavy (non-hydrogen) atoms. The van der Waals surface area contributed by atoms with Crippen LogP contribution >= 0.6 is 17.2 Å². The van der Waals surface area contributed by atoms with Gasteiger partial charge in [-0.1, -0.05) is 0 Å². The average Bonchev–Trinajstić information content (AvgIpc) is 2.77. The molecule has 0 atom stereocenters. The van der Waals surface area contributed by atoms with E-state index in [1.807, 2.05) is 91.0 Å². The van der Waals surface area contributed by atoms with Crippen LogP contribution in [-0.4, -0.2) is 27.0 Å². The van der Waals surface area contributed by atoms with Crippen molar-refractivity contribution in [2.75, 3.05) is 21.3 Å². The molecular formula is C22H24ClO3P. The monoisotopic (exact) mass is 402 g/mol. The Morgan fingerprint density at radius 1 is 0.556 bits per heavy atom. The minimum atomic E-state index is -3.92. The normalized spacial score (nSPS) is 13.7. The fraction of sp³-hybridized carbons (Fsp3) is 0.182. The third kappa shape index (κ3) is 2.66. The molecule has 0 aromatic heterocycles. The minimum absolute atomic E-state index is 0.896. The molecule has 3 aromatic carbocycles. The number of methoxy groups -OCH3 is 3. The van der Waals surface area contributed by atoms with Crippen LogP contribution in [0.1, 0.15) is 0 Å². The molecule has 3 aromatic rings. The molecule has 0 aliphatic carbocycles. The summed E-state index contributed by atoms with van der Waals surface area (Å²) in [5.74, 6) is -3.92. The Balaban J connectivity index is 2.59. The first kappa shape index (κ1) is 20.0. The van der Waals surface area contributed by atoms with E-state index >= 15 is 0 Å². The van der Waals surface area contributed by atoms with Crippen LogP contribution in [0, 0.1) is 0 Å². The number of hydrogen-bond donors (Lipinski definition) is 0. The molecule has 0 saturated heterocycles. The topological polar surface area (TPSA) is 27.7 Å². The molecule has 142 valence electrons. The first-order valence-electron chi connectivity index (χ1n) is 8.63. The summed E-state index contributed by atoms with van der Waals surface area (Å²) < 4.78 is 17.8. The van der Waals surface area contributed by atoms with Gasteiger partial charge in [-0.3, -0.25) is 0 Å². The van der Waals surface area contributed by atoms with Crippen molar-refractivity contribution in [2.24, 2.45) is 0 Å². The van der Waals surface area contributed by atoms with Gasteiger partial charge in [-0.15, -0.1) is 0 Å². The number of hydrogen-bond acceptors (Lipinski definition) is 3. The number of benzene rings is 3. The zero-order chi connectivity index (χ0) is 19.4. The van der Waals surface area contributed by atoms with Gasteiger partial charge in [0.1, 0.15) is 0 Å². The maximum atomic E-state index is 7.95. The van der Waals surface area contributed by atoms with E-state index in [1.165, 1.54) is 0 Å². The maximum absolute atomic E-state index is 7.95. The van der Waals surface area contributed by atoms with Gasteiger partial charge in [0.2, 0.25) is 0 Å². The summed E-state index contributed by atoms with van der Waals surface area (Å²) in [6, 6.07) is 29.8. The van der Waals surface area contributed by atoms with Crippen LogP contribution in [0.15, 0.2) is 91.0 Å². The second kappa shape index (κ2) is 7.71. The van der Waals surface area contributed by atoms with Gasteiger partial charge in [0.25, 0.3) is 0 Å². The van der Waals surface area contributed by atoms with Gasteiger partial charge in [-0.05, 0) is 0 Å². The second-order valence-corrected chi connectivity index (χ2v) is 12.3. The summed E-state index contributed by atoms with van der Waals surface area (Å²) in [5.41, 5.74) is -1.52. The zero-order valence-electron chi connectivity index (χ0n) is 15.7. The van der Waals surface area contributed by atoms with Crippen molar-refractivity contribution < 1.29 is 14.2 Å². The van der Waals surface area contributed by atoms with Crippen LogP contribution in [0.5, 0.6) is 0 Å². The molecule has 0 fully saturated rings. The molecule has 5 heteroatoms. The van der Waals surface area contributed by atoms with Gasteiger partial charge in [0, 0.05) is 0 Å². The van der Waals surface area contributed by atoms with Crippen molar-refractivity contribution >= 4 is 33.1 Å². The van der Waals surface area contributed by atoms with Crippen molar-refractivity contribution in [3.05, 3.63) is 91.0 Å². The van der Waals surface area contributed by atoms with Gasteiger partial charge in [0.15, 0.2) is 0 Å². The summed E-state index contributed by atoms with van der Waals surface area (Å²) >= 11 is 7.95. The Bertz CT molecular complexity index is 760. The van der Waals surface area contributed by atoms with Crippen molar-refractivity contribution in [3.63, 3.8) is 0 Å². The summed E-state index contributed by atoms with van der Waals surface area (Å²) in [4.78, 5) is 0. The molecular weight excluding hydrogens is 379 g/mol. The molecule has 0 aliphatic rings. The Labute approximate surface area is 165 Å². The van der Waals surface area contributed by atoms with E-state index in [4.69, 9.17) is 25.5 Å². The van der Waals surface area contributed by atoms with Gasteiger partial charge in [0.05, 0.1) is 0 Å². The Hall–Kier alpha value is -1.74. The predicted octanol–water partition coefficient (Wildman–Crippen LogP) is 4.22. The van der Waals surface area contributed by atoms with Gasteiger partial charge in [-0.2, -0.15) is 0 Å². The summed E-state index contributed by atoms with van der Waals surface area (Å²) in [6.07, 6.45) is 0. The van der Waals surface area contributed by atoms with Gasteiger partial charge in [-0.25, -0.2) is 0 Å². The first-order valence-corrected chi connectivity index (χ1v) is 11.8. The Kier molecular flexibility index (Phi) is 5.71. The molecule has 0 amide bonds. The standard InChI is InChI=1S/C22H24ClO3P/c1-24-22(25-2,26-3)27(23,19-13-7-4-8-14-19,20-15-9-5-10-16-20)21-17-11-6-12-18-21/h4-18H,1-3H3. The van der Waals surface area contributed by atoms with Crippen molar-refractivity contribution in [2.45, 2.75) is 5.71 Å². The number of halogens is 1. The molecule has 0 aliphatic heterocycles. The quantitative estimate of drug-likeness (QED) is 0.437. The zero-order valence-corrected chi connectivity index (χ0v) is 17.4. The Morgan fingerprint density at radius 3 is 1.04 bits per heavy atom. The third-order valence-corrected chi connectivity index (χ3v) is 12.8. The van der Waals surface area contributed by atoms with E-state index in [1.54, 1.807) is 21.3 Å². The van der Waals surface area contributed by atoms with Crippen LogP contribution in [0.25, 0.3) is 0 Å². The molecule has 0 bridgehead atoms. The van der Waals surface area contributed by atoms with Crippen LogP contribution in [0.3, 0.4) is 0 Å². The van der Waals surface area contributed by atoms with Crippen molar-refractivity contribution in [1.82, 2.24) is 0 Å². The Morgan fingerprint density at radius 2 is 0.815 bits per heavy atom. The predicted molar refractivity (Wildman–Crippen MR) is 115 cm³/mol. The van der Waals surface area contributed by atoms with Crippen LogP contribution in [0.4, 0.5) is 0 Å². The van der Waals surface area contributed by atoms with E-state index in [-0.39, 0.29) is 0 Å². The van der Waals surface area contributed by atoms with Crippen molar-refractivity contribution in [3.8, 4) is 0 Å². The number of ether oxygens (including phenoxy) is 3. The van der Waals surface area contributed by atoms with Crippen LogP contribution in [0.2, 0.25) is 0 Å². The van der Waals surface area contributed by atoms with E-state index < -0.39 is 11.7 Å². The molecule has 3 rings (SSSR count). The molecule has 0 unspecified atom stereocenters. The van der Waals surface area contributed by atoms with Crippen molar-refractivity contribution in [1.29, 1.82) is 0 Å². The van der Waals surface area contributed by atoms with E-state index in [0.717, 1.165) is 15.9 Å². The molecule has 0 heterocycles. The SMILES string of the molecule is COC(OC)(OC)P(Cl)(c1ccccc1)(c1ccccc1)c1ccccc1.